The Morgan fingerprint density at radius 1 is 1.33 bits per heavy atom. The second-order valence-corrected chi connectivity index (χ2v) is 6.69. The number of benzene rings is 1. The maximum Gasteiger partial charge on any atom is 0.150 e. The van der Waals surface area contributed by atoms with Crippen molar-refractivity contribution < 1.29 is 9.53 Å². The van der Waals surface area contributed by atoms with Crippen molar-refractivity contribution in [1.29, 1.82) is 0 Å². The molecule has 3 rings (SSSR count). The van der Waals surface area contributed by atoms with Crippen LogP contribution in [0.2, 0.25) is 0 Å². The highest BCUT2D eigenvalue weighted by atomic mass is 79.9. The highest BCUT2D eigenvalue weighted by molar-refractivity contribution is 9.10. The highest BCUT2D eigenvalue weighted by Crippen LogP contribution is 2.54. The van der Waals surface area contributed by atoms with Crippen LogP contribution in [-0.2, 0) is 0 Å². The molecule has 0 aromatic heterocycles. The van der Waals surface area contributed by atoms with Crippen molar-refractivity contribution in [2.75, 3.05) is 6.61 Å². The largest absolute Gasteiger partial charge is 0.493 e. The van der Waals surface area contributed by atoms with Gasteiger partial charge < -0.3 is 4.74 Å². The molecule has 0 atom stereocenters. The molecule has 2 nitrogen and oxygen atoms in total. The maximum atomic E-state index is 10.8. The molecular weight excluding hydrogens is 292 g/mol. The molecule has 0 saturated heterocycles. The minimum atomic E-state index is 0.425. The van der Waals surface area contributed by atoms with Crippen molar-refractivity contribution >= 4 is 22.2 Å². The molecular formula is C15H17BrO2. The van der Waals surface area contributed by atoms with Gasteiger partial charge in [0.15, 0.2) is 0 Å². The molecule has 2 fully saturated rings. The van der Waals surface area contributed by atoms with E-state index in [0.717, 1.165) is 29.0 Å². The van der Waals surface area contributed by atoms with Gasteiger partial charge in [0, 0.05) is 15.5 Å². The first-order valence-electron chi connectivity index (χ1n) is 6.58. The van der Waals surface area contributed by atoms with E-state index in [1.54, 1.807) is 6.07 Å². The molecule has 0 radical (unpaired) electrons. The van der Waals surface area contributed by atoms with E-state index < -0.39 is 0 Å². The zero-order chi connectivity index (χ0) is 12.6. The van der Waals surface area contributed by atoms with Gasteiger partial charge in [0.05, 0.1) is 6.61 Å². The summed E-state index contributed by atoms with van der Waals surface area (Å²) in [7, 11) is 0. The number of carbonyl (C=O) groups is 1. The smallest absolute Gasteiger partial charge is 0.150 e. The van der Waals surface area contributed by atoms with Crippen LogP contribution < -0.4 is 4.74 Å². The third-order valence-electron chi connectivity index (χ3n) is 4.46. The minimum Gasteiger partial charge on any atom is -0.493 e. The van der Waals surface area contributed by atoms with Gasteiger partial charge in [0.1, 0.15) is 12.0 Å². The zero-order valence-corrected chi connectivity index (χ0v) is 11.9. The fraction of sp³-hybridized carbons (Fsp3) is 0.533. The lowest BCUT2D eigenvalue weighted by atomic mass is 9.85. The summed E-state index contributed by atoms with van der Waals surface area (Å²) in [6.07, 6.45) is 7.57. The van der Waals surface area contributed by atoms with Crippen LogP contribution in [0, 0.1) is 11.3 Å². The van der Waals surface area contributed by atoms with E-state index in [0.29, 0.717) is 11.0 Å². The van der Waals surface area contributed by atoms with Crippen molar-refractivity contribution in [3.63, 3.8) is 0 Å². The number of aldehydes is 1. The Bertz CT molecular complexity index is 462. The molecule has 0 N–H and O–H groups in total. The number of carbonyl (C=O) groups excluding carboxylic acids is 1. The molecule has 0 aliphatic heterocycles. The van der Waals surface area contributed by atoms with Gasteiger partial charge >= 0.3 is 0 Å². The number of rotatable bonds is 4. The van der Waals surface area contributed by atoms with Crippen molar-refractivity contribution in [3.05, 3.63) is 28.2 Å². The SMILES string of the molecule is O=Cc1cc(Br)cc(OCC23CCC(CC2)C3)c1. The summed E-state index contributed by atoms with van der Waals surface area (Å²) in [6, 6.07) is 5.56. The van der Waals surface area contributed by atoms with E-state index in [1.807, 2.05) is 12.1 Å². The molecule has 0 unspecified atom stereocenters. The van der Waals surface area contributed by atoms with Gasteiger partial charge in [-0.05, 0) is 56.2 Å². The zero-order valence-electron chi connectivity index (χ0n) is 10.3. The fourth-order valence-electron chi connectivity index (χ4n) is 3.49. The van der Waals surface area contributed by atoms with Crippen LogP contribution >= 0.6 is 15.9 Å². The number of halogens is 1. The molecule has 2 bridgehead atoms. The highest BCUT2D eigenvalue weighted by Gasteiger charge is 2.45. The Labute approximate surface area is 116 Å². The fourth-order valence-corrected chi connectivity index (χ4v) is 3.98. The average Bonchev–Trinajstić information content (AvgIpc) is 2.96. The number of ether oxygens (including phenoxy) is 1. The third kappa shape index (κ3) is 2.33. The van der Waals surface area contributed by atoms with Gasteiger partial charge in [0.25, 0.3) is 0 Å². The lowest BCUT2D eigenvalue weighted by Gasteiger charge is -2.26. The summed E-state index contributed by atoms with van der Waals surface area (Å²) in [6.45, 7) is 0.804. The second-order valence-electron chi connectivity index (χ2n) is 5.77. The Hall–Kier alpha value is -0.830. The van der Waals surface area contributed by atoms with Gasteiger partial charge in [-0.3, -0.25) is 4.79 Å². The van der Waals surface area contributed by atoms with Crippen LogP contribution in [0.15, 0.2) is 22.7 Å². The minimum absolute atomic E-state index is 0.425. The number of fused-ring (bicyclic) bond motifs is 2. The Morgan fingerprint density at radius 2 is 2.11 bits per heavy atom. The molecule has 2 saturated carbocycles. The number of hydrogen-bond donors (Lipinski definition) is 0. The third-order valence-corrected chi connectivity index (χ3v) is 4.92. The number of hydrogen-bond acceptors (Lipinski definition) is 2. The predicted octanol–water partition coefficient (Wildman–Crippen LogP) is 4.22. The summed E-state index contributed by atoms with van der Waals surface area (Å²) in [5, 5.41) is 0. The van der Waals surface area contributed by atoms with E-state index in [2.05, 4.69) is 15.9 Å². The van der Waals surface area contributed by atoms with Gasteiger partial charge in [-0.15, -0.1) is 0 Å². The lowest BCUT2D eigenvalue weighted by molar-refractivity contribution is 0.112. The molecule has 3 heteroatoms. The van der Waals surface area contributed by atoms with Gasteiger partial charge in [-0.25, -0.2) is 0 Å². The molecule has 2 aliphatic carbocycles. The molecule has 0 amide bonds. The summed E-state index contributed by atoms with van der Waals surface area (Å²) in [4.78, 5) is 10.8. The molecule has 0 spiro atoms. The van der Waals surface area contributed by atoms with Crippen LogP contribution in [-0.4, -0.2) is 12.9 Å². The van der Waals surface area contributed by atoms with E-state index >= 15 is 0 Å². The van der Waals surface area contributed by atoms with Crippen LogP contribution in [0.5, 0.6) is 5.75 Å². The first-order chi connectivity index (χ1) is 8.69. The first kappa shape index (κ1) is 12.2. The van der Waals surface area contributed by atoms with Gasteiger partial charge in [-0.1, -0.05) is 15.9 Å². The summed E-state index contributed by atoms with van der Waals surface area (Å²) >= 11 is 3.41. The first-order valence-corrected chi connectivity index (χ1v) is 7.37. The van der Waals surface area contributed by atoms with Crippen LogP contribution in [0.1, 0.15) is 42.5 Å². The van der Waals surface area contributed by atoms with Crippen molar-refractivity contribution in [1.82, 2.24) is 0 Å². The summed E-state index contributed by atoms with van der Waals surface area (Å²) in [5.74, 6) is 1.75. The molecule has 1 aromatic rings. The van der Waals surface area contributed by atoms with Gasteiger partial charge in [-0.2, -0.15) is 0 Å². The van der Waals surface area contributed by atoms with Crippen LogP contribution in [0.4, 0.5) is 0 Å². The van der Waals surface area contributed by atoms with Crippen molar-refractivity contribution in [2.45, 2.75) is 32.1 Å². The van der Waals surface area contributed by atoms with Crippen molar-refractivity contribution in [3.8, 4) is 5.75 Å². The van der Waals surface area contributed by atoms with E-state index in [1.165, 1.54) is 32.1 Å². The predicted molar refractivity (Wildman–Crippen MR) is 74.0 cm³/mol. The van der Waals surface area contributed by atoms with E-state index in [4.69, 9.17) is 4.74 Å². The lowest BCUT2D eigenvalue weighted by Crippen LogP contribution is -2.23. The van der Waals surface area contributed by atoms with Crippen LogP contribution in [0.3, 0.4) is 0 Å². The maximum absolute atomic E-state index is 10.8. The second kappa shape index (κ2) is 4.69. The summed E-state index contributed by atoms with van der Waals surface area (Å²) < 4.78 is 6.84. The Kier molecular flexibility index (Phi) is 3.18. The quantitative estimate of drug-likeness (QED) is 0.778. The normalized spacial score (nSPS) is 29.5. The molecule has 2 aliphatic rings. The average molecular weight is 309 g/mol. The Balaban J connectivity index is 1.69. The molecule has 1 aromatic carbocycles. The monoisotopic (exact) mass is 308 g/mol. The standard InChI is InChI=1S/C15H17BrO2/c16-13-5-12(9-17)6-14(7-13)18-10-15-3-1-11(8-15)2-4-15/h5-7,9,11H,1-4,8,10H2. The Morgan fingerprint density at radius 3 is 2.72 bits per heavy atom. The van der Waals surface area contributed by atoms with Crippen molar-refractivity contribution in [2.24, 2.45) is 11.3 Å². The van der Waals surface area contributed by atoms with Crippen LogP contribution in [0.25, 0.3) is 0 Å². The molecule has 18 heavy (non-hydrogen) atoms. The topological polar surface area (TPSA) is 26.3 Å². The molecule has 96 valence electrons. The van der Waals surface area contributed by atoms with E-state index in [9.17, 15) is 4.79 Å². The van der Waals surface area contributed by atoms with E-state index in [-0.39, 0.29) is 0 Å². The summed E-state index contributed by atoms with van der Waals surface area (Å²) in [5.41, 5.74) is 1.08. The molecule has 0 heterocycles. The van der Waals surface area contributed by atoms with Gasteiger partial charge in [0.2, 0.25) is 0 Å².